The second-order valence-corrected chi connectivity index (χ2v) is 9.83. The molecule has 2 atom stereocenters. The summed E-state index contributed by atoms with van der Waals surface area (Å²) < 4.78 is 0. The molecule has 0 aromatic heterocycles. The largest absolute Gasteiger partial charge is 0.504 e. The van der Waals surface area contributed by atoms with Gasteiger partial charge in [-0.1, -0.05) is 29.8 Å². The Morgan fingerprint density at radius 3 is 2.40 bits per heavy atom. The molecule has 4 bridgehead atoms. The lowest BCUT2D eigenvalue weighted by Crippen LogP contribution is -2.58. The highest BCUT2D eigenvalue weighted by molar-refractivity contribution is 5.86. The Bertz CT molecular complexity index is 998. The Morgan fingerprint density at radius 1 is 1.03 bits per heavy atom. The smallest absolute Gasteiger partial charge is 0.246 e. The van der Waals surface area contributed by atoms with Gasteiger partial charge in [-0.25, -0.2) is 5.43 Å². The van der Waals surface area contributed by atoms with Gasteiger partial charge in [-0.05, 0) is 92.0 Å². The molecule has 2 aromatic rings. The molecule has 0 spiro atoms. The van der Waals surface area contributed by atoms with Crippen LogP contribution in [0.1, 0.15) is 55.2 Å². The lowest BCUT2D eigenvalue weighted by molar-refractivity contribution is -0.149. The number of benzene rings is 2. The quantitative estimate of drug-likeness (QED) is 0.401. The molecule has 5 nitrogen and oxygen atoms in total. The first kappa shape index (κ1) is 19.2. The molecular formula is C25H28N2O3. The van der Waals surface area contributed by atoms with Crippen molar-refractivity contribution in [2.45, 2.75) is 50.9 Å². The summed E-state index contributed by atoms with van der Waals surface area (Å²) in [6.45, 7) is 2.12. The van der Waals surface area contributed by atoms with E-state index in [4.69, 9.17) is 0 Å². The minimum absolute atomic E-state index is 0.0207. The average Bonchev–Trinajstić information content (AvgIpc) is 2.70. The van der Waals surface area contributed by atoms with Gasteiger partial charge in [0.2, 0.25) is 5.91 Å². The number of aryl methyl sites for hydroxylation is 1. The summed E-state index contributed by atoms with van der Waals surface area (Å²) in [5.41, 5.74) is 5.83. The van der Waals surface area contributed by atoms with Crippen LogP contribution in [0.25, 0.3) is 0 Å². The lowest BCUT2D eigenvalue weighted by Gasteiger charge is -2.61. The zero-order valence-corrected chi connectivity index (χ0v) is 17.3. The third-order valence-electron chi connectivity index (χ3n) is 7.59. The van der Waals surface area contributed by atoms with Gasteiger partial charge < -0.3 is 10.2 Å². The second kappa shape index (κ2) is 6.86. The fourth-order valence-electron chi connectivity index (χ4n) is 6.68. The van der Waals surface area contributed by atoms with E-state index < -0.39 is 0 Å². The fourth-order valence-corrected chi connectivity index (χ4v) is 6.68. The summed E-state index contributed by atoms with van der Waals surface area (Å²) >= 11 is 0. The van der Waals surface area contributed by atoms with E-state index in [-0.39, 0.29) is 28.2 Å². The molecule has 0 aliphatic heterocycles. The van der Waals surface area contributed by atoms with Crippen LogP contribution in [0.5, 0.6) is 11.5 Å². The highest BCUT2D eigenvalue weighted by Gasteiger charge is 2.60. The number of phenolic OH excluding ortho intramolecular Hbond substituents is 2. The molecule has 2 unspecified atom stereocenters. The molecule has 3 N–H and O–H groups in total. The summed E-state index contributed by atoms with van der Waals surface area (Å²) in [5.74, 6) is 0.859. The zero-order valence-electron chi connectivity index (χ0n) is 17.3. The van der Waals surface area contributed by atoms with Gasteiger partial charge >= 0.3 is 0 Å². The van der Waals surface area contributed by atoms with Gasteiger partial charge in [0.15, 0.2) is 11.5 Å². The van der Waals surface area contributed by atoms with Crippen molar-refractivity contribution in [3.63, 3.8) is 0 Å². The van der Waals surface area contributed by atoms with Crippen LogP contribution in [-0.2, 0) is 10.2 Å². The van der Waals surface area contributed by atoms with Gasteiger partial charge in [-0.15, -0.1) is 0 Å². The van der Waals surface area contributed by atoms with Crippen LogP contribution in [0.3, 0.4) is 0 Å². The molecular weight excluding hydrogens is 376 g/mol. The number of phenols is 2. The minimum Gasteiger partial charge on any atom is -0.504 e. The number of nitrogens with zero attached hydrogens (tertiary/aromatic N) is 1. The Kier molecular flexibility index (Phi) is 4.38. The number of amides is 1. The third-order valence-corrected chi connectivity index (χ3v) is 7.59. The van der Waals surface area contributed by atoms with Gasteiger partial charge in [0.05, 0.1) is 11.6 Å². The zero-order chi connectivity index (χ0) is 20.9. The number of nitrogens with one attached hydrogen (secondary N) is 1. The average molecular weight is 405 g/mol. The van der Waals surface area contributed by atoms with E-state index in [2.05, 4.69) is 41.7 Å². The SMILES string of the molecule is Cc1ccc(C23CC4CC(CC(C(=O)N/N=C/c5ccc(O)c(O)c5)(C4)C2)C3)cc1. The van der Waals surface area contributed by atoms with Crippen LogP contribution in [0.4, 0.5) is 0 Å². The predicted octanol–water partition coefficient (Wildman–Crippen LogP) is 4.39. The number of rotatable bonds is 4. The van der Waals surface area contributed by atoms with E-state index >= 15 is 0 Å². The molecule has 4 aliphatic carbocycles. The topological polar surface area (TPSA) is 81.9 Å². The van der Waals surface area contributed by atoms with Crippen molar-refractivity contribution in [2.75, 3.05) is 0 Å². The van der Waals surface area contributed by atoms with Gasteiger partial charge in [-0.2, -0.15) is 5.10 Å². The maximum absolute atomic E-state index is 13.3. The number of hydrazone groups is 1. The standard InChI is InChI=1S/C25H28N2O3/c1-16-2-5-20(6-3-16)24-10-18-8-19(11-24)13-25(12-18,15-24)23(30)27-26-14-17-4-7-21(28)22(29)9-17/h2-7,9,14,18-19,28-29H,8,10-13,15H2,1H3,(H,27,30)/b26-14+. The first-order valence-electron chi connectivity index (χ1n) is 10.8. The van der Waals surface area contributed by atoms with E-state index in [1.807, 2.05) is 0 Å². The van der Waals surface area contributed by atoms with Crippen LogP contribution >= 0.6 is 0 Å². The monoisotopic (exact) mass is 404 g/mol. The minimum atomic E-state index is -0.344. The predicted molar refractivity (Wildman–Crippen MR) is 115 cm³/mol. The van der Waals surface area contributed by atoms with Gasteiger partial charge in [0.25, 0.3) is 0 Å². The summed E-state index contributed by atoms with van der Waals surface area (Å²) in [5, 5.41) is 23.2. The Balaban J connectivity index is 1.37. The van der Waals surface area contributed by atoms with Gasteiger partial charge in [-0.3, -0.25) is 4.79 Å². The Labute approximate surface area is 176 Å². The molecule has 0 heterocycles. The van der Waals surface area contributed by atoms with Gasteiger partial charge in [0, 0.05) is 0 Å². The Morgan fingerprint density at radius 2 is 1.73 bits per heavy atom. The number of carbonyl (C=O) groups excluding carboxylic acids is 1. The van der Waals surface area contributed by atoms with Crippen molar-refractivity contribution >= 4 is 12.1 Å². The maximum Gasteiger partial charge on any atom is 0.246 e. The van der Waals surface area contributed by atoms with Crippen LogP contribution in [0.15, 0.2) is 47.6 Å². The van der Waals surface area contributed by atoms with Crippen molar-refractivity contribution < 1.29 is 15.0 Å². The number of aromatic hydroxyl groups is 2. The molecule has 4 saturated carbocycles. The maximum atomic E-state index is 13.3. The second-order valence-electron chi connectivity index (χ2n) is 9.83. The molecule has 156 valence electrons. The molecule has 4 aliphatic rings. The summed E-state index contributed by atoms with van der Waals surface area (Å²) in [7, 11) is 0. The van der Waals surface area contributed by atoms with Crippen molar-refractivity contribution in [2.24, 2.45) is 22.4 Å². The third kappa shape index (κ3) is 3.17. The molecule has 6 rings (SSSR count). The summed E-state index contributed by atoms with van der Waals surface area (Å²) in [6.07, 6.45) is 7.95. The van der Waals surface area contributed by atoms with Gasteiger partial charge in [0.1, 0.15) is 0 Å². The van der Waals surface area contributed by atoms with Crippen LogP contribution in [0, 0.1) is 24.2 Å². The fraction of sp³-hybridized carbons (Fsp3) is 0.440. The molecule has 5 heteroatoms. The van der Waals surface area contributed by atoms with E-state index in [9.17, 15) is 15.0 Å². The first-order valence-corrected chi connectivity index (χ1v) is 10.8. The van der Waals surface area contributed by atoms with E-state index in [1.54, 1.807) is 6.07 Å². The lowest BCUT2D eigenvalue weighted by atomic mass is 9.42. The molecule has 0 radical (unpaired) electrons. The number of carbonyl (C=O) groups is 1. The highest BCUT2D eigenvalue weighted by atomic mass is 16.3. The van der Waals surface area contributed by atoms with Crippen molar-refractivity contribution in [1.82, 2.24) is 5.43 Å². The molecule has 0 saturated heterocycles. The van der Waals surface area contributed by atoms with Crippen molar-refractivity contribution in [3.05, 3.63) is 59.2 Å². The van der Waals surface area contributed by atoms with Crippen LogP contribution in [-0.4, -0.2) is 22.3 Å². The summed E-state index contributed by atoms with van der Waals surface area (Å²) in [6, 6.07) is 13.4. The summed E-state index contributed by atoms with van der Waals surface area (Å²) in [4.78, 5) is 13.3. The highest BCUT2D eigenvalue weighted by Crippen LogP contribution is 2.65. The van der Waals surface area contributed by atoms with Crippen LogP contribution in [0.2, 0.25) is 0 Å². The van der Waals surface area contributed by atoms with E-state index in [0.717, 1.165) is 19.3 Å². The van der Waals surface area contributed by atoms with E-state index in [0.29, 0.717) is 17.4 Å². The molecule has 2 aromatic carbocycles. The normalized spacial score (nSPS) is 31.9. The molecule has 1 amide bonds. The number of hydrogen-bond donors (Lipinski definition) is 3. The first-order chi connectivity index (χ1) is 14.4. The van der Waals surface area contributed by atoms with Crippen LogP contribution < -0.4 is 5.43 Å². The molecule has 30 heavy (non-hydrogen) atoms. The van der Waals surface area contributed by atoms with Crippen molar-refractivity contribution in [3.8, 4) is 11.5 Å². The van der Waals surface area contributed by atoms with Crippen molar-refractivity contribution in [1.29, 1.82) is 0 Å². The van der Waals surface area contributed by atoms with E-state index in [1.165, 1.54) is 48.7 Å². The number of hydrogen-bond acceptors (Lipinski definition) is 4. The Hall–Kier alpha value is -2.82. The molecule has 4 fully saturated rings.